The zero-order chi connectivity index (χ0) is 34.5. The summed E-state index contributed by atoms with van der Waals surface area (Å²) in [4.78, 5) is 25.3. The number of ether oxygens (including phenoxy) is 3. The van der Waals surface area contributed by atoms with Crippen LogP contribution >= 0.6 is 0 Å². The third kappa shape index (κ3) is 34.1. The summed E-state index contributed by atoms with van der Waals surface area (Å²) in [6.45, 7) is 7.61. The second kappa shape index (κ2) is 37.3. The molecule has 0 unspecified atom stereocenters. The van der Waals surface area contributed by atoms with Crippen molar-refractivity contribution in [3.05, 3.63) is 12.3 Å². The molecule has 0 bridgehead atoms. The maximum absolute atomic E-state index is 12.7. The Morgan fingerprint density at radius 1 is 0.574 bits per heavy atom. The van der Waals surface area contributed by atoms with Crippen LogP contribution in [0, 0.1) is 0 Å². The smallest absolute Gasteiger partial charge is 0.306 e. The van der Waals surface area contributed by atoms with E-state index in [1.54, 1.807) is 13.4 Å². The Bertz CT molecular complexity index is 697. The predicted octanol–water partition coefficient (Wildman–Crippen LogP) is 11.9. The normalized spacial score (nSPS) is 12.8. The average Bonchev–Trinajstić information content (AvgIpc) is 3.06. The number of carbonyl (C=O) groups excluding carboxylic acids is 2. The van der Waals surface area contributed by atoms with E-state index in [0.717, 1.165) is 38.5 Å². The summed E-state index contributed by atoms with van der Waals surface area (Å²) in [7, 11) is 1.61. The molecule has 0 aliphatic carbocycles. The fourth-order valence-corrected chi connectivity index (χ4v) is 6.04. The quantitative estimate of drug-likeness (QED) is 0.0406. The van der Waals surface area contributed by atoms with E-state index < -0.39 is 0 Å². The molecule has 278 valence electrons. The van der Waals surface area contributed by atoms with Crippen molar-refractivity contribution in [3.63, 3.8) is 0 Å². The van der Waals surface area contributed by atoms with Gasteiger partial charge in [-0.1, -0.05) is 162 Å². The number of esters is 1. The van der Waals surface area contributed by atoms with Gasteiger partial charge >= 0.3 is 5.97 Å². The van der Waals surface area contributed by atoms with Crippen LogP contribution in [0.15, 0.2) is 12.3 Å². The summed E-state index contributed by atoms with van der Waals surface area (Å²) in [5, 5.41) is 3.10. The summed E-state index contributed by atoms with van der Waals surface area (Å²) in [6, 6.07) is -0.239. The lowest BCUT2D eigenvalue weighted by atomic mass is 10.1. The molecule has 2 atom stereocenters. The molecule has 0 aromatic rings. The summed E-state index contributed by atoms with van der Waals surface area (Å²) < 4.78 is 17.1. The third-order valence-electron chi connectivity index (χ3n) is 9.09. The van der Waals surface area contributed by atoms with Crippen LogP contribution in [0.25, 0.3) is 0 Å². The summed E-state index contributed by atoms with van der Waals surface area (Å²) >= 11 is 0. The van der Waals surface area contributed by atoms with E-state index in [2.05, 4.69) is 26.1 Å². The summed E-state index contributed by atoms with van der Waals surface area (Å²) in [6.07, 6.45) is 37.1. The number of amides is 1. The van der Waals surface area contributed by atoms with Crippen LogP contribution in [0.5, 0.6) is 0 Å². The van der Waals surface area contributed by atoms with Crippen LogP contribution in [-0.2, 0) is 23.8 Å². The monoisotopic (exact) mass is 666 g/mol. The highest BCUT2D eigenvalue weighted by molar-refractivity contribution is 5.76. The molecule has 0 heterocycles. The molecular formula is C41H79NO5. The van der Waals surface area contributed by atoms with Gasteiger partial charge in [0, 0.05) is 19.3 Å². The predicted molar refractivity (Wildman–Crippen MR) is 200 cm³/mol. The number of hydrogen-bond donors (Lipinski definition) is 1. The lowest BCUT2D eigenvalue weighted by molar-refractivity contribution is -0.150. The van der Waals surface area contributed by atoms with Gasteiger partial charge in [0.2, 0.25) is 5.91 Å². The van der Waals surface area contributed by atoms with E-state index in [1.165, 1.54) is 128 Å². The van der Waals surface area contributed by atoms with Crippen molar-refractivity contribution >= 4 is 11.9 Å². The molecule has 0 aromatic heterocycles. The molecule has 0 aromatic carbocycles. The fraction of sp³-hybridized carbons (Fsp3) is 0.902. The first-order valence-electron chi connectivity index (χ1n) is 20.3. The SMILES string of the molecule is CCCCCCCCCCCCCC(=O)N[C@@H](C=COC)COCC[C@@H](CCCCCCC)OC(=O)CCCCCCCCCCC. The van der Waals surface area contributed by atoms with Gasteiger partial charge < -0.3 is 19.5 Å². The Morgan fingerprint density at radius 2 is 1.02 bits per heavy atom. The molecule has 1 N–H and O–H groups in total. The summed E-state index contributed by atoms with van der Waals surface area (Å²) in [5.41, 5.74) is 0. The number of nitrogens with one attached hydrogen (secondary N) is 1. The minimum atomic E-state index is -0.239. The zero-order valence-corrected chi connectivity index (χ0v) is 31.8. The van der Waals surface area contributed by atoms with E-state index in [9.17, 15) is 9.59 Å². The average molecular weight is 666 g/mol. The van der Waals surface area contributed by atoms with Crippen molar-refractivity contribution in [3.8, 4) is 0 Å². The van der Waals surface area contributed by atoms with E-state index >= 15 is 0 Å². The van der Waals surface area contributed by atoms with Crippen LogP contribution in [0.3, 0.4) is 0 Å². The van der Waals surface area contributed by atoms with Gasteiger partial charge in [0.05, 0.1) is 32.6 Å². The molecule has 0 spiro atoms. The molecule has 0 saturated heterocycles. The first-order valence-corrected chi connectivity index (χ1v) is 20.3. The van der Waals surface area contributed by atoms with E-state index in [1.807, 2.05) is 6.08 Å². The van der Waals surface area contributed by atoms with Crippen molar-refractivity contribution in [2.24, 2.45) is 0 Å². The molecule has 0 aliphatic rings. The molecule has 0 radical (unpaired) electrons. The standard InChI is InChI=1S/C41H79NO5/c1-5-8-11-14-16-18-19-21-22-25-28-31-40(43)42-38(33-35-45-4)37-46-36-34-39(30-27-24-13-10-7-3)47-41(44)32-29-26-23-20-17-15-12-9-6-2/h33,35,38-39H,5-32,34,36-37H2,1-4H3,(H,42,43)/t38-,39+/m0/s1. The second-order valence-corrected chi connectivity index (χ2v) is 13.8. The van der Waals surface area contributed by atoms with Gasteiger partial charge in [-0.3, -0.25) is 9.59 Å². The highest BCUT2D eigenvalue weighted by atomic mass is 16.5. The van der Waals surface area contributed by atoms with Crippen molar-refractivity contribution < 1.29 is 23.8 Å². The molecular weight excluding hydrogens is 586 g/mol. The van der Waals surface area contributed by atoms with Crippen LogP contribution in [-0.4, -0.2) is 44.3 Å². The molecule has 0 aliphatic heterocycles. The first-order chi connectivity index (χ1) is 23.1. The lowest BCUT2D eigenvalue weighted by Gasteiger charge is -2.20. The minimum absolute atomic E-state index is 0.0608. The van der Waals surface area contributed by atoms with E-state index in [0.29, 0.717) is 32.5 Å². The van der Waals surface area contributed by atoms with Gasteiger partial charge in [-0.25, -0.2) is 0 Å². The van der Waals surface area contributed by atoms with Crippen molar-refractivity contribution in [1.82, 2.24) is 5.32 Å². The van der Waals surface area contributed by atoms with Gasteiger partial charge in [0.15, 0.2) is 0 Å². The topological polar surface area (TPSA) is 73.9 Å². The minimum Gasteiger partial charge on any atom is -0.505 e. The molecule has 6 heteroatoms. The van der Waals surface area contributed by atoms with Crippen LogP contribution in [0.1, 0.15) is 207 Å². The Morgan fingerprint density at radius 3 is 1.51 bits per heavy atom. The number of methoxy groups -OCH3 is 1. The van der Waals surface area contributed by atoms with E-state index in [4.69, 9.17) is 14.2 Å². The largest absolute Gasteiger partial charge is 0.505 e. The first kappa shape index (κ1) is 45.4. The molecule has 0 fully saturated rings. The maximum Gasteiger partial charge on any atom is 0.306 e. The number of hydrogen-bond acceptors (Lipinski definition) is 5. The molecule has 0 rings (SSSR count). The third-order valence-corrected chi connectivity index (χ3v) is 9.09. The van der Waals surface area contributed by atoms with Crippen molar-refractivity contribution in [1.29, 1.82) is 0 Å². The van der Waals surface area contributed by atoms with Crippen molar-refractivity contribution in [2.45, 2.75) is 219 Å². The highest BCUT2D eigenvalue weighted by Crippen LogP contribution is 2.16. The Labute approximate surface area is 292 Å². The van der Waals surface area contributed by atoms with Crippen LogP contribution in [0.2, 0.25) is 0 Å². The van der Waals surface area contributed by atoms with Crippen molar-refractivity contribution in [2.75, 3.05) is 20.3 Å². The molecule has 6 nitrogen and oxygen atoms in total. The number of rotatable bonds is 37. The second-order valence-electron chi connectivity index (χ2n) is 13.8. The Hall–Kier alpha value is -1.56. The van der Waals surface area contributed by atoms with Gasteiger partial charge in [-0.15, -0.1) is 0 Å². The lowest BCUT2D eigenvalue weighted by Crippen LogP contribution is -2.37. The number of carbonyl (C=O) groups is 2. The Kier molecular flexibility index (Phi) is 36.0. The maximum atomic E-state index is 12.7. The van der Waals surface area contributed by atoms with E-state index in [-0.39, 0.29) is 24.0 Å². The fourth-order valence-electron chi connectivity index (χ4n) is 6.04. The summed E-state index contributed by atoms with van der Waals surface area (Å²) in [5.74, 6) is -0.00673. The van der Waals surface area contributed by atoms with Crippen LogP contribution in [0.4, 0.5) is 0 Å². The number of unbranched alkanes of at least 4 members (excludes halogenated alkanes) is 22. The van der Waals surface area contributed by atoms with Gasteiger partial charge in [0.1, 0.15) is 6.10 Å². The Balaban J connectivity index is 4.37. The van der Waals surface area contributed by atoms with Gasteiger partial charge in [0.25, 0.3) is 0 Å². The molecule has 1 amide bonds. The van der Waals surface area contributed by atoms with Crippen LogP contribution < -0.4 is 5.32 Å². The highest BCUT2D eigenvalue weighted by Gasteiger charge is 2.16. The molecule has 0 saturated carbocycles. The van der Waals surface area contributed by atoms with Gasteiger partial charge in [-0.2, -0.15) is 0 Å². The molecule has 47 heavy (non-hydrogen) atoms. The van der Waals surface area contributed by atoms with Gasteiger partial charge in [-0.05, 0) is 31.8 Å². The zero-order valence-electron chi connectivity index (χ0n) is 31.8.